The van der Waals surface area contributed by atoms with Gasteiger partial charge in [-0.1, -0.05) is 18.0 Å². The van der Waals surface area contributed by atoms with Gasteiger partial charge >= 0.3 is 5.97 Å². The lowest BCUT2D eigenvalue weighted by molar-refractivity contribution is -0.153. The van der Waals surface area contributed by atoms with Crippen LogP contribution in [0.25, 0.3) is 0 Å². The smallest absolute Gasteiger partial charge is 0.326 e. The number of hydrogen-bond acceptors (Lipinski definition) is 4. The SMILES string of the molecule is CCOC(=O)C1(NC)CCCC1CCn1cc(Cl)c(C)n1. The largest absolute Gasteiger partial charge is 0.465 e. The van der Waals surface area contributed by atoms with E-state index in [0.717, 1.165) is 37.9 Å². The van der Waals surface area contributed by atoms with E-state index >= 15 is 0 Å². The molecule has 1 aromatic heterocycles. The fourth-order valence-corrected chi connectivity index (χ4v) is 3.48. The van der Waals surface area contributed by atoms with E-state index in [1.165, 1.54) is 0 Å². The summed E-state index contributed by atoms with van der Waals surface area (Å²) in [5, 5.41) is 8.30. The number of carbonyl (C=O) groups is 1. The van der Waals surface area contributed by atoms with Crippen LogP contribution >= 0.6 is 11.6 Å². The molecular formula is C15H24ClN3O2. The first-order valence-corrected chi connectivity index (χ1v) is 7.97. The summed E-state index contributed by atoms with van der Waals surface area (Å²) in [6.07, 6.45) is 5.65. The van der Waals surface area contributed by atoms with Crippen LogP contribution in [0.3, 0.4) is 0 Å². The molecular weight excluding hydrogens is 290 g/mol. The molecule has 118 valence electrons. The molecule has 1 N–H and O–H groups in total. The van der Waals surface area contributed by atoms with E-state index in [0.29, 0.717) is 11.6 Å². The van der Waals surface area contributed by atoms with E-state index < -0.39 is 5.54 Å². The zero-order chi connectivity index (χ0) is 15.5. The molecule has 2 rings (SSSR count). The van der Waals surface area contributed by atoms with Crippen LogP contribution in [0.15, 0.2) is 6.20 Å². The average Bonchev–Trinajstić information content (AvgIpc) is 3.01. The first-order chi connectivity index (χ1) is 10.0. The number of esters is 1. The van der Waals surface area contributed by atoms with E-state index in [-0.39, 0.29) is 11.9 Å². The Bertz CT molecular complexity index is 484. The molecule has 0 radical (unpaired) electrons. The molecule has 1 aliphatic carbocycles. The van der Waals surface area contributed by atoms with Crippen molar-refractivity contribution in [1.82, 2.24) is 15.1 Å². The lowest BCUT2D eigenvalue weighted by Crippen LogP contribution is -2.54. The van der Waals surface area contributed by atoms with Gasteiger partial charge in [-0.3, -0.25) is 9.48 Å². The van der Waals surface area contributed by atoms with E-state index in [4.69, 9.17) is 16.3 Å². The van der Waals surface area contributed by atoms with Gasteiger partial charge in [-0.25, -0.2) is 0 Å². The zero-order valence-corrected chi connectivity index (χ0v) is 13.7. The molecule has 21 heavy (non-hydrogen) atoms. The normalized spacial score (nSPS) is 25.2. The van der Waals surface area contributed by atoms with E-state index in [9.17, 15) is 4.79 Å². The van der Waals surface area contributed by atoms with Gasteiger partial charge in [0.05, 0.1) is 17.3 Å². The predicted molar refractivity (Wildman–Crippen MR) is 82.4 cm³/mol. The molecule has 0 saturated heterocycles. The number of rotatable bonds is 6. The van der Waals surface area contributed by atoms with Crippen LogP contribution in [-0.4, -0.2) is 34.9 Å². The van der Waals surface area contributed by atoms with Crippen LogP contribution in [-0.2, 0) is 16.1 Å². The van der Waals surface area contributed by atoms with Gasteiger partial charge < -0.3 is 10.1 Å². The van der Waals surface area contributed by atoms with Crippen LogP contribution < -0.4 is 5.32 Å². The molecule has 1 fully saturated rings. The second kappa shape index (κ2) is 6.79. The number of aromatic nitrogens is 2. The van der Waals surface area contributed by atoms with Gasteiger partial charge in [0, 0.05) is 12.7 Å². The van der Waals surface area contributed by atoms with Crippen molar-refractivity contribution in [1.29, 1.82) is 0 Å². The minimum Gasteiger partial charge on any atom is -0.465 e. The first kappa shape index (κ1) is 16.3. The number of halogens is 1. The van der Waals surface area contributed by atoms with Crippen LogP contribution in [0.2, 0.25) is 5.02 Å². The summed E-state index contributed by atoms with van der Waals surface area (Å²) in [6, 6.07) is 0. The highest BCUT2D eigenvalue weighted by molar-refractivity contribution is 6.31. The zero-order valence-electron chi connectivity index (χ0n) is 13.0. The van der Waals surface area contributed by atoms with Gasteiger partial charge in [0.2, 0.25) is 0 Å². The third-order valence-corrected chi connectivity index (χ3v) is 4.87. The summed E-state index contributed by atoms with van der Waals surface area (Å²) < 4.78 is 7.14. The molecule has 6 heteroatoms. The number of carbonyl (C=O) groups excluding carboxylic acids is 1. The Kier molecular flexibility index (Phi) is 5.27. The topological polar surface area (TPSA) is 56.1 Å². The maximum atomic E-state index is 12.4. The predicted octanol–water partition coefficient (Wildman–Crippen LogP) is 2.56. The van der Waals surface area contributed by atoms with E-state index in [1.807, 2.05) is 31.8 Å². The molecule has 0 amide bonds. The van der Waals surface area contributed by atoms with E-state index in [1.54, 1.807) is 0 Å². The standard InChI is InChI=1S/C15H24ClN3O2/c1-4-21-14(20)15(17-3)8-5-6-12(15)7-9-19-10-13(16)11(2)18-19/h10,12,17H,4-9H2,1-3H3. The summed E-state index contributed by atoms with van der Waals surface area (Å²) in [6.45, 7) is 4.93. The highest BCUT2D eigenvalue weighted by atomic mass is 35.5. The van der Waals surface area contributed by atoms with Crippen LogP contribution in [0.5, 0.6) is 0 Å². The number of likely N-dealkylation sites (N-methyl/N-ethyl adjacent to an activating group) is 1. The van der Waals surface area contributed by atoms with Crippen molar-refractivity contribution in [2.75, 3.05) is 13.7 Å². The maximum Gasteiger partial charge on any atom is 0.326 e. The lowest BCUT2D eigenvalue weighted by atomic mass is 9.84. The molecule has 0 bridgehead atoms. The summed E-state index contributed by atoms with van der Waals surface area (Å²) >= 11 is 6.03. The van der Waals surface area contributed by atoms with E-state index in [2.05, 4.69) is 10.4 Å². The summed E-state index contributed by atoms with van der Waals surface area (Å²) in [4.78, 5) is 12.4. The third-order valence-electron chi connectivity index (χ3n) is 4.50. The number of ether oxygens (including phenoxy) is 1. The van der Waals surface area contributed by atoms with Crippen molar-refractivity contribution >= 4 is 17.6 Å². The van der Waals surface area contributed by atoms with Crippen LogP contribution in [0.1, 0.15) is 38.3 Å². The average molecular weight is 314 g/mol. The molecule has 1 heterocycles. The molecule has 2 atom stereocenters. The number of nitrogens with one attached hydrogen (secondary N) is 1. The highest BCUT2D eigenvalue weighted by Gasteiger charge is 2.48. The Hall–Kier alpha value is -1.07. The molecule has 1 aliphatic rings. The maximum absolute atomic E-state index is 12.4. The third kappa shape index (κ3) is 3.24. The molecule has 5 nitrogen and oxygen atoms in total. The first-order valence-electron chi connectivity index (χ1n) is 7.59. The quantitative estimate of drug-likeness (QED) is 0.820. The second-order valence-electron chi connectivity index (χ2n) is 5.65. The molecule has 0 aromatic carbocycles. The molecule has 0 aliphatic heterocycles. The summed E-state index contributed by atoms with van der Waals surface area (Å²) in [5.41, 5.74) is 0.301. The summed E-state index contributed by atoms with van der Waals surface area (Å²) in [5.74, 6) is 0.148. The van der Waals surface area contributed by atoms with Gasteiger partial charge in [0.1, 0.15) is 5.54 Å². The Morgan fingerprint density at radius 1 is 1.67 bits per heavy atom. The van der Waals surface area contributed by atoms with Gasteiger partial charge in [0.15, 0.2) is 0 Å². The monoisotopic (exact) mass is 313 g/mol. The Morgan fingerprint density at radius 2 is 2.43 bits per heavy atom. The minimum atomic E-state index is -0.540. The van der Waals surface area contributed by atoms with Crippen molar-refractivity contribution < 1.29 is 9.53 Å². The minimum absolute atomic E-state index is 0.121. The van der Waals surface area contributed by atoms with Crippen LogP contribution in [0, 0.1) is 12.8 Å². The second-order valence-corrected chi connectivity index (χ2v) is 6.05. The fraction of sp³-hybridized carbons (Fsp3) is 0.733. The van der Waals surface area contributed by atoms with Crippen molar-refractivity contribution in [3.63, 3.8) is 0 Å². The fourth-order valence-electron chi connectivity index (χ4n) is 3.32. The van der Waals surface area contributed by atoms with Crippen molar-refractivity contribution in [3.05, 3.63) is 16.9 Å². The molecule has 1 aromatic rings. The Labute approximate surface area is 131 Å². The number of aryl methyl sites for hydroxylation is 2. The van der Waals surface area contributed by atoms with Crippen molar-refractivity contribution in [2.45, 2.75) is 51.6 Å². The van der Waals surface area contributed by atoms with Gasteiger partial charge in [-0.05, 0) is 46.1 Å². The molecule has 1 saturated carbocycles. The Morgan fingerprint density at radius 3 is 3.00 bits per heavy atom. The van der Waals surface area contributed by atoms with Crippen molar-refractivity contribution in [3.8, 4) is 0 Å². The summed E-state index contributed by atoms with van der Waals surface area (Å²) in [7, 11) is 1.85. The van der Waals surface area contributed by atoms with Crippen LogP contribution in [0.4, 0.5) is 0 Å². The lowest BCUT2D eigenvalue weighted by Gasteiger charge is -2.32. The number of hydrogen-bond donors (Lipinski definition) is 1. The number of nitrogens with zero attached hydrogens (tertiary/aromatic N) is 2. The molecule has 0 spiro atoms. The van der Waals surface area contributed by atoms with Gasteiger partial charge in [0.25, 0.3) is 0 Å². The Balaban J connectivity index is 2.05. The van der Waals surface area contributed by atoms with Crippen molar-refractivity contribution in [2.24, 2.45) is 5.92 Å². The molecule has 2 unspecified atom stereocenters. The van der Waals surface area contributed by atoms with Gasteiger partial charge in [-0.15, -0.1) is 0 Å². The van der Waals surface area contributed by atoms with Gasteiger partial charge in [-0.2, -0.15) is 5.10 Å². The highest BCUT2D eigenvalue weighted by Crippen LogP contribution is 2.39.